The number of aliphatic hydroxyl groups is 2. The van der Waals surface area contributed by atoms with Crippen molar-refractivity contribution in [3.05, 3.63) is 23.8 Å². The van der Waals surface area contributed by atoms with Gasteiger partial charge in [-0.1, -0.05) is 0 Å². The van der Waals surface area contributed by atoms with Gasteiger partial charge in [0.2, 0.25) is 0 Å². The molecule has 0 aromatic heterocycles. The Morgan fingerprint density at radius 1 is 1.50 bits per heavy atom. The van der Waals surface area contributed by atoms with E-state index in [1.165, 1.54) is 0 Å². The molecule has 1 fully saturated rings. The van der Waals surface area contributed by atoms with Gasteiger partial charge >= 0.3 is 0 Å². The maximum atomic E-state index is 10.2. The molecule has 1 aliphatic rings. The molecule has 0 spiro atoms. The summed E-state index contributed by atoms with van der Waals surface area (Å²) >= 11 is 0. The third-order valence-corrected chi connectivity index (χ3v) is 3.22. The lowest BCUT2D eigenvalue weighted by atomic mass is 10.1. The van der Waals surface area contributed by atoms with Crippen LogP contribution in [0.5, 0.6) is 0 Å². The SMILES string of the molecule is Cc1cc(N2C(O)CCC2(C)O)ccc1N. The average Bonchev–Trinajstić information content (AvgIpc) is 2.46. The van der Waals surface area contributed by atoms with Crippen LogP contribution in [0.25, 0.3) is 0 Å². The normalized spacial score (nSPS) is 29.8. The fourth-order valence-electron chi connectivity index (χ4n) is 2.23. The van der Waals surface area contributed by atoms with Crippen LogP contribution in [-0.2, 0) is 0 Å². The van der Waals surface area contributed by atoms with Gasteiger partial charge < -0.3 is 20.8 Å². The number of hydrogen-bond donors (Lipinski definition) is 3. The number of aliphatic hydroxyl groups excluding tert-OH is 1. The molecule has 1 aromatic rings. The summed E-state index contributed by atoms with van der Waals surface area (Å²) < 4.78 is 0. The molecular weight excluding hydrogens is 204 g/mol. The van der Waals surface area contributed by atoms with Crippen molar-refractivity contribution in [2.24, 2.45) is 0 Å². The van der Waals surface area contributed by atoms with Crippen molar-refractivity contribution in [3.8, 4) is 0 Å². The van der Waals surface area contributed by atoms with Crippen molar-refractivity contribution in [1.29, 1.82) is 0 Å². The summed E-state index contributed by atoms with van der Waals surface area (Å²) in [5.41, 5.74) is 7.24. The second kappa shape index (κ2) is 3.64. The van der Waals surface area contributed by atoms with E-state index in [0.717, 1.165) is 16.9 Å². The molecule has 4 nitrogen and oxygen atoms in total. The van der Waals surface area contributed by atoms with Crippen LogP contribution in [0.15, 0.2) is 18.2 Å². The minimum absolute atomic E-state index is 0.567. The number of anilines is 2. The predicted octanol–water partition coefficient (Wildman–Crippen LogP) is 1.20. The van der Waals surface area contributed by atoms with Gasteiger partial charge in [-0.05, 0) is 50.5 Å². The van der Waals surface area contributed by atoms with Crippen LogP contribution in [0.1, 0.15) is 25.3 Å². The molecule has 4 N–H and O–H groups in total. The third-order valence-electron chi connectivity index (χ3n) is 3.22. The van der Waals surface area contributed by atoms with Crippen LogP contribution >= 0.6 is 0 Å². The largest absolute Gasteiger partial charge is 0.399 e. The Morgan fingerprint density at radius 2 is 2.19 bits per heavy atom. The van der Waals surface area contributed by atoms with E-state index in [-0.39, 0.29) is 0 Å². The molecular formula is C12H18N2O2. The Labute approximate surface area is 95.3 Å². The van der Waals surface area contributed by atoms with E-state index in [4.69, 9.17) is 5.73 Å². The van der Waals surface area contributed by atoms with Crippen molar-refractivity contribution < 1.29 is 10.2 Å². The quantitative estimate of drug-likeness (QED) is 0.625. The van der Waals surface area contributed by atoms with E-state index in [1.54, 1.807) is 17.9 Å². The molecule has 88 valence electrons. The second-order valence-electron chi connectivity index (χ2n) is 4.65. The summed E-state index contributed by atoms with van der Waals surface area (Å²) in [6.07, 6.45) is 0.520. The Balaban J connectivity index is 2.39. The molecule has 0 bridgehead atoms. The molecule has 1 aromatic carbocycles. The average molecular weight is 222 g/mol. The van der Waals surface area contributed by atoms with Gasteiger partial charge in [-0.3, -0.25) is 0 Å². The molecule has 2 atom stereocenters. The lowest BCUT2D eigenvalue weighted by Gasteiger charge is -2.34. The summed E-state index contributed by atoms with van der Waals surface area (Å²) in [7, 11) is 0. The highest BCUT2D eigenvalue weighted by molar-refractivity contribution is 5.59. The number of nitrogens with two attached hydrogens (primary N) is 1. The Bertz CT molecular complexity index is 404. The fourth-order valence-corrected chi connectivity index (χ4v) is 2.23. The van der Waals surface area contributed by atoms with Crippen molar-refractivity contribution >= 4 is 11.4 Å². The monoisotopic (exact) mass is 222 g/mol. The fraction of sp³-hybridized carbons (Fsp3) is 0.500. The molecule has 16 heavy (non-hydrogen) atoms. The van der Waals surface area contributed by atoms with E-state index in [0.29, 0.717) is 12.8 Å². The minimum atomic E-state index is -0.984. The van der Waals surface area contributed by atoms with Crippen molar-refractivity contribution in [3.63, 3.8) is 0 Å². The van der Waals surface area contributed by atoms with Gasteiger partial charge in [0, 0.05) is 11.4 Å². The first-order chi connectivity index (χ1) is 7.42. The highest BCUT2D eigenvalue weighted by Gasteiger charge is 2.40. The number of aryl methyl sites for hydroxylation is 1. The Kier molecular flexibility index (Phi) is 2.56. The summed E-state index contributed by atoms with van der Waals surface area (Å²) in [4.78, 5) is 1.64. The third kappa shape index (κ3) is 1.74. The van der Waals surface area contributed by atoms with E-state index in [2.05, 4.69) is 0 Å². The first-order valence-electron chi connectivity index (χ1n) is 5.48. The minimum Gasteiger partial charge on any atom is -0.399 e. The van der Waals surface area contributed by atoms with E-state index in [9.17, 15) is 10.2 Å². The first kappa shape index (κ1) is 11.2. The molecule has 1 saturated heterocycles. The summed E-state index contributed by atoms with van der Waals surface area (Å²) in [5.74, 6) is 0. The van der Waals surface area contributed by atoms with Crippen LogP contribution < -0.4 is 10.6 Å². The first-order valence-corrected chi connectivity index (χ1v) is 5.48. The van der Waals surface area contributed by atoms with Gasteiger partial charge in [0.25, 0.3) is 0 Å². The van der Waals surface area contributed by atoms with Crippen LogP contribution in [0.2, 0.25) is 0 Å². The van der Waals surface area contributed by atoms with Gasteiger partial charge in [0.1, 0.15) is 12.0 Å². The zero-order valence-corrected chi connectivity index (χ0v) is 9.64. The number of nitrogens with zero attached hydrogens (tertiary/aromatic N) is 1. The molecule has 2 unspecified atom stereocenters. The van der Waals surface area contributed by atoms with Crippen molar-refractivity contribution in [2.75, 3.05) is 10.6 Å². The maximum Gasteiger partial charge on any atom is 0.137 e. The standard InChI is InChI=1S/C12H18N2O2/c1-8-7-9(3-4-10(8)13)14-11(15)5-6-12(14,2)16/h3-4,7,11,15-16H,5-6,13H2,1-2H3. The Morgan fingerprint density at radius 3 is 2.69 bits per heavy atom. The Hall–Kier alpha value is -1.26. The predicted molar refractivity (Wildman–Crippen MR) is 63.9 cm³/mol. The molecule has 1 heterocycles. The second-order valence-corrected chi connectivity index (χ2v) is 4.65. The maximum absolute atomic E-state index is 10.2. The van der Waals surface area contributed by atoms with Crippen LogP contribution in [0.4, 0.5) is 11.4 Å². The zero-order chi connectivity index (χ0) is 11.9. The topological polar surface area (TPSA) is 69.7 Å². The van der Waals surface area contributed by atoms with Gasteiger partial charge in [-0.2, -0.15) is 0 Å². The van der Waals surface area contributed by atoms with Crippen LogP contribution in [0, 0.1) is 6.92 Å². The molecule has 1 aliphatic heterocycles. The molecule has 0 amide bonds. The van der Waals surface area contributed by atoms with Crippen LogP contribution in [-0.4, -0.2) is 22.2 Å². The molecule has 0 aliphatic carbocycles. The molecule has 0 radical (unpaired) electrons. The highest BCUT2D eigenvalue weighted by Crippen LogP contribution is 2.36. The lowest BCUT2D eigenvalue weighted by molar-refractivity contribution is 0.0536. The van der Waals surface area contributed by atoms with E-state index >= 15 is 0 Å². The smallest absolute Gasteiger partial charge is 0.137 e. The number of hydrogen-bond acceptors (Lipinski definition) is 4. The summed E-state index contributed by atoms with van der Waals surface area (Å²) in [5, 5.41) is 20.0. The van der Waals surface area contributed by atoms with Crippen molar-refractivity contribution in [2.45, 2.75) is 38.6 Å². The lowest BCUT2D eigenvalue weighted by Crippen LogP contribution is -2.45. The number of rotatable bonds is 1. The van der Waals surface area contributed by atoms with Gasteiger partial charge in [-0.25, -0.2) is 0 Å². The molecule has 0 saturated carbocycles. The van der Waals surface area contributed by atoms with Crippen molar-refractivity contribution in [1.82, 2.24) is 0 Å². The molecule has 2 rings (SSSR count). The van der Waals surface area contributed by atoms with E-state index < -0.39 is 12.0 Å². The number of nitrogen functional groups attached to an aromatic ring is 1. The van der Waals surface area contributed by atoms with Gasteiger partial charge in [0.15, 0.2) is 0 Å². The zero-order valence-electron chi connectivity index (χ0n) is 9.64. The van der Waals surface area contributed by atoms with Gasteiger partial charge in [0.05, 0.1) is 0 Å². The molecule has 4 heteroatoms. The summed E-state index contributed by atoms with van der Waals surface area (Å²) in [6.45, 7) is 3.63. The van der Waals surface area contributed by atoms with E-state index in [1.807, 2.05) is 19.1 Å². The highest BCUT2D eigenvalue weighted by atomic mass is 16.3. The van der Waals surface area contributed by atoms with Gasteiger partial charge in [-0.15, -0.1) is 0 Å². The van der Waals surface area contributed by atoms with Crippen LogP contribution in [0.3, 0.4) is 0 Å². The summed E-state index contributed by atoms with van der Waals surface area (Å²) in [6, 6.07) is 5.51. The number of benzene rings is 1.